The van der Waals surface area contributed by atoms with Crippen LogP contribution in [0.2, 0.25) is 0 Å². The van der Waals surface area contributed by atoms with Crippen LogP contribution in [0.15, 0.2) is 76.8 Å². The third-order valence-electron chi connectivity index (χ3n) is 4.82. The minimum atomic E-state index is -0.293. The number of para-hydroxylation sites is 1. The van der Waals surface area contributed by atoms with Crippen LogP contribution in [0.1, 0.15) is 22.4 Å². The number of benzene rings is 2. The number of aromatic nitrogens is 2. The molecule has 6 heteroatoms. The molecule has 0 aliphatic carbocycles. The van der Waals surface area contributed by atoms with Crippen molar-refractivity contribution in [2.24, 2.45) is 0 Å². The molecule has 0 saturated carbocycles. The van der Waals surface area contributed by atoms with E-state index in [-0.39, 0.29) is 11.1 Å². The van der Waals surface area contributed by atoms with E-state index >= 15 is 0 Å². The van der Waals surface area contributed by atoms with Crippen LogP contribution in [-0.4, -0.2) is 16.0 Å². The van der Waals surface area contributed by atoms with Crippen LogP contribution in [0.3, 0.4) is 0 Å². The number of hydrogen-bond acceptors (Lipinski definition) is 5. The quantitative estimate of drug-likeness (QED) is 0.453. The van der Waals surface area contributed by atoms with E-state index < -0.39 is 0 Å². The first-order valence-electron chi connectivity index (χ1n) is 9.52. The van der Waals surface area contributed by atoms with Gasteiger partial charge in [-0.05, 0) is 24.6 Å². The molecule has 2 aromatic carbocycles. The van der Waals surface area contributed by atoms with Gasteiger partial charge in [-0.2, -0.15) is 4.98 Å². The van der Waals surface area contributed by atoms with Gasteiger partial charge in [-0.15, -0.1) is 0 Å². The maximum atomic E-state index is 13.1. The molecule has 0 saturated heterocycles. The Bertz CT molecular complexity index is 1390. The summed E-state index contributed by atoms with van der Waals surface area (Å²) in [5, 5.41) is 0. The van der Waals surface area contributed by atoms with E-state index in [0.717, 1.165) is 11.1 Å². The van der Waals surface area contributed by atoms with Gasteiger partial charge < -0.3 is 4.74 Å². The standard InChI is InChI=1S/C24H20N2O3S/c1-3-13-29-20-12-8-7-11-18(20)15-21-23(28)26-16(2)19(22(27)25-24(26)30-21)14-17-9-5-4-6-10-17/h3-12,15H,1,13-14H2,2H3/b21-15+. The van der Waals surface area contributed by atoms with Crippen molar-refractivity contribution in [1.29, 1.82) is 0 Å². The zero-order valence-corrected chi connectivity index (χ0v) is 17.3. The number of ether oxygens (including phenoxy) is 1. The summed E-state index contributed by atoms with van der Waals surface area (Å²) in [6, 6.07) is 17.2. The van der Waals surface area contributed by atoms with Crippen LogP contribution < -0.4 is 20.4 Å². The van der Waals surface area contributed by atoms with Gasteiger partial charge in [-0.3, -0.25) is 14.0 Å². The van der Waals surface area contributed by atoms with Gasteiger partial charge in [0.2, 0.25) is 4.96 Å². The fourth-order valence-corrected chi connectivity index (χ4v) is 4.31. The lowest BCUT2D eigenvalue weighted by Gasteiger charge is -2.06. The lowest BCUT2D eigenvalue weighted by Crippen LogP contribution is -2.27. The molecular formula is C24H20N2O3S. The normalized spacial score (nSPS) is 11.7. The maximum absolute atomic E-state index is 13.1. The van der Waals surface area contributed by atoms with Crippen LogP contribution in [0.5, 0.6) is 5.75 Å². The van der Waals surface area contributed by atoms with E-state index in [4.69, 9.17) is 4.74 Å². The van der Waals surface area contributed by atoms with Crippen molar-refractivity contribution in [3.8, 4) is 5.75 Å². The van der Waals surface area contributed by atoms with E-state index in [2.05, 4.69) is 11.6 Å². The first-order valence-corrected chi connectivity index (χ1v) is 10.3. The molecule has 0 atom stereocenters. The lowest BCUT2D eigenvalue weighted by atomic mass is 10.1. The molecule has 0 unspecified atom stereocenters. The summed E-state index contributed by atoms with van der Waals surface area (Å²) in [6.45, 7) is 5.84. The molecule has 2 aromatic heterocycles. The van der Waals surface area contributed by atoms with Gasteiger partial charge in [0.1, 0.15) is 12.4 Å². The molecule has 0 aliphatic rings. The summed E-state index contributed by atoms with van der Waals surface area (Å²) in [5.41, 5.74) is 2.47. The number of fused-ring (bicyclic) bond motifs is 1. The number of aryl methyl sites for hydroxylation is 1. The highest BCUT2D eigenvalue weighted by molar-refractivity contribution is 7.15. The third kappa shape index (κ3) is 3.82. The van der Waals surface area contributed by atoms with Crippen LogP contribution in [0.25, 0.3) is 11.0 Å². The fourth-order valence-electron chi connectivity index (χ4n) is 3.31. The van der Waals surface area contributed by atoms with Crippen molar-refractivity contribution >= 4 is 22.4 Å². The SMILES string of the molecule is C=CCOc1ccccc1/C=c1/sc2nc(=O)c(Cc3ccccc3)c(C)n2c1=O. The van der Waals surface area contributed by atoms with E-state index in [9.17, 15) is 9.59 Å². The van der Waals surface area contributed by atoms with Gasteiger partial charge in [-0.1, -0.05) is 72.5 Å². The van der Waals surface area contributed by atoms with Crippen LogP contribution >= 0.6 is 11.3 Å². The van der Waals surface area contributed by atoms with Crippen LogP contribution in [0.4, 0.5) is 0 Å². The minimum Gasteiger partial charge on any atom is -0.489 e. The Morgan fingerprint density at radius 3 is 2.60 bits per heavy atom. The third-order valence-corrected chi connectivity index (χ3v) is 5.79. The summed E-state index contributed by atoms with van der Waals surface area (Å²) in [5.74, 6) is 0.665. The molecule has 0 radical (unpaired) electrons. The Morgan fingerprint density at radius 2 is 1.83 bits per heavy atom. The summed E-state index contributed by atoms with van der Waals surface area (Å²) in [6.07, 6.45) is 3.89. The number of hydrogen-bond donors (Lipinski definition) is 0. The zero-order valence-electron chi connectivity index (χ0n) is 16.5. The number of nitrogens with zero attached hydrogens (tertiary/aromatic N) is 2. The van der Waals surface area contributed by atoms with Gasteiger partial charge in [0, 0.05) is 23.2 Å². The maximum Gasteiger partial charge on any atom is 0.277 e. The highest BCUT2D eigenvalue weighted by Gasteiger charge is 2.15. The molecule has 0 amide bonds. The van der Waals surface area contributed by atoms with E-state index in [1.54, 1.807) is 19.1 Å². The average molecular weight is 417 g/mol. The molecule has 2 heterocycles. The van der Waals surface area contributed by atoms with Gasteiger partial charge in [0.05, 0.1) is 4.53 Å². The smallest absolute Gasteiger partial charge is 0.277 e. The predicted molar refractivity (Wildman–Crippen MR) is 121 cm³/mol. The second kappa shape index (κ2) is 8.47. The van der Waals surface area contributed by atoms with Crippen molar-refractivity contribution in [2.45, 2.75) is 13.3 Å². The molecule has 4 rings (SSSR count). The molecule has 0 spiro atoms. The molecule has 0 aliphatic heterocycles. The average Bonchev–Trinajstić information content (AvgIpc) is 3.06. The number of thiazole rings is 1. The minimum absolute atomic E-state index is 0.187. The highest BCUT2D eigenvalue weighted by Crippen LogP contribution is 2.19. The topological polar surface area (TPSA) is 60.7 Å². The molecule has 0 fully saturated rings. The van der Waals surface area contributed by atoms with E-state index in [1.807, 2.05) is 54.6 Å². The Hall–Kier alpha value is -3.51. The Balaban J connectivity index is 1.85. The van der Waals surface area contributed by atoms with Gasteiger partial charge in [0.25, 0.3) is 11.1 Å². The zero-order chi connectivity index (χ0) is 21.1. The van der Waals surface area contributed by atoms with Crippen molar-refractivity contribution in [3.63, 3.8) is 0 Å². The van der Waals surface area contributed by atoms with Crippen molar-refractivity contribution < 1.29 is 4.74 Å². The summed E-state index contributed by atoms with van der Waals surface area (Å²) >= 11 is 1.20. The van der Waals surface area contributed by atoms with Gasteiger partial charge >= 0.3 is 0 Å². The molecule has 4 aromatic rings. The van der Waals surface area contributed by atoms with Crippen LogP contribution in [0, 0.1) is 6.92 Å². The highest BCUT2D eigenvalue weighted by atomic mass is 32.1. The molecular weight excluding hydrogens is 396 g/mol. The predicted octanol–water partition coefficient (Wildman–Crippen LogP) is 3.13. The molecule has 30 heavy (non-hydrogen) atoms. The number of rotatable bonds is 6. The Labute approximate surface area is 177 Å². The second-order valence-electron chi connectivity index (χ2n) is 6.81. The van der Waals surface area contributed by atoms with Gasteiger partial charge in [-0.25, -0.2) is 0 Å². The second-order valence-corrected chi connectivity index (χ2v) is 7.82. The van der Waals surface area contributed by atoms with E-state index in [1.165, 1.54) is 15.7 Å². The monoisotopic (exact) mass is 416 g/mol. The summed E-state index contributed by atoms with van der Waals surface area (Å²) in [4.78, 5) is 30.4. The molecule has 0 N–H and O–H groups in total. The van der Waals surface area contributed by atoms with Gasteiger partial charge in [0.15, 0.2) is 0 Å². The Morgan fingerprint density at radius 1 is 1.10 bits per heavy atom. The first kappa shape index (κ1) is 19.8. The summed E-state index contributed by atoms with van der Waals surface area (Å²) < 4.78 is 7.71. The lowest BCUT2D eigenvalue weighted by molar-refractivity contribution is 0.362. The molecule has 0 bridgehead atoms. The Kier molecular flexibility index (Phi) is 5.59. The summed E-state index contributed by atoms with van der Waals surface area (Å²) in [7, 11) is 0. The van der Waals surface area contributed by atoms with Crippen molar-refractivity contribution in [2.75, 3.05) is 6.61 Å². The van der Waals surface area contributed by atoms with Crippen LogP contribution in [-0.2, 0) is 6.42 Å². The molecule has 150 valence electrons. The van der Waals surface area contributed by atoms with Crippen molar-refractivity contribution in [1.82, 2.24) is 9.38 Å². The van der Waals surface area contributed by atoms with E-state index in [0.29, 0.717) is 39.5 Å². The first-order chi connectivity index (χ1) is 14.6. The largest absolute Gasteiger partial charge is 0.489 e. The van der Waals surface area contributed by atoms with Crippen molar-refractivity contribution in [3.05, 3.63) is 115 Å². The molecule has 5 nitrogen and oxygen atoms in total. The fraction of sp³-hybridized carbons (Fsp3) is 0.125.